The third-order valence-electron chi connectivity index (χ3n) is 2.84. The van der Waals surface area contributed by atoms with Crippen LogP contribution in [0.3, 0.4) is 0 Å². The van der Waals surface area contributed by atoms with Gasteiger partial charge in [-0.1, -0.05) is 18.2 Å². The van der Waals surface area contributed by atoms with Crippen molar-refractivity contribution in [2.75, 3.05) is 0 Å². The third-order valence-corrected chi connectivity index (χ3v) is 2.84. The summed E-state index contributed by atoms with van der Waals surface area (Å²) in [5.41, 5.74) is -1.31. The molecule has 7 heteroatoms. The smallest absolute Gasteiger partial charge is 0.285 e. The number of fused-ring (bicyclic) bond motifs is 1. The fraction of sp³-hybridized carbons (Fsp3) is 0.0769. The Balaban J connectivity index is 2.16. The van der Waals surface area contributed by atoms with Gasteiger partial charge in [0.1, 0.15) is 5.69 Å². The summed E-state index contributed by atoms with van der Waals surface area (Å²) in [6, 6.07) is 10.8. The van der Waals surface area contributed by atoms with Crippen LogP contribution in [0.5, 0.6) is 0 Å². The standard InChI is InChI=1S/C13H8F3N3O/c14-13(15,16)10-7-12(20)19(18-10)11-6-5-8-3-1-2-4-9(8)17-11/h1-7,18H. The second kappa shape index (κ2) is 4.22. The Hall–Kier alpha value is -2.57. The van der Waals surface area contributed by atoms with Crippen LogP contribution in [0, 0.1) is 0 Å². The summed E-state index contributed by atoms with van der Waals surface area (Å²) in [6.07, 6.45) is -4.60. The highest BCUT2D eigenvalue weighted by Gasteiger charge is 2.33. The molecular formula is C13H8F3N3O. The molecule has 0 bridgehead atoms. The van der Waals surface area contributed by atoms with Crippen LogP contribution >= 0.6 is 0 Å². The molecule has 2 heterocycles. The van der Waals surface area contributed by atoms with E-state index in [0.29, 0.717) is 11.6 Å². The molecule has 3 aromatic rings. The van der Waals surface area contributed by atoms with E-state index >= 15 is 0 Å². The second-order valence-electron chi connectivity index (χ2n) is 4.20. The van der Waals surface area contributed by atoms with Gasteiger partial charge in [-0.3, -0.25) is 9.89 Å². The molecule has 0 fully saturated rings. The molecule has 3 rings (SSSR count). The molecule has 0 saturated carbocycles. The fourth-order valence-corrected chi connectivity index (χ4v) is 1.89. The maximum atomic E-state index is 12.5. The van der Waals surface area contributed by atoms with Gasteiger partial charge in [0.05, 0.1) is 5.52 Å². The van der Waals surface area contributed by atoms with Gasteiger partial charge in [-0.2, -0.15) is 13.2 Å². The Morgan fingerprint density at radius 3 is 2.55 bits per heavy atom. The molecule has 0 spiro atoms. The third kappa shape index (κ3) is 2.07. The van der Waals surface area contributed by atoms with E-state index in [9.17, 15) is 18.0 Å². The minimum absolute atomic E-state index is 0.115. The van der Waals surface area contributed by atoms with E-state index in [-0.39, 0.29) is 5.82 Å². The molecule has 0 aliphatic rings. The molecule has 20 heavy (non-hydrogen) atoms. The Bertz CT molecular complexity index is 832. The van der Waals surface area contributed by atoms with Gasteiger partial charge in [-0.05, 0) is 18.2 Å². The first kappa shape index (κ1) is 12.5. The van der Waals surface area contributed by atoms with Crippen molar-refractivity contribution in [2.24, 2.45) is 0 Å². The lowest BCUT2D eigenvalue weighted by Gasteiger charge is -2.04. The SMILES string of the molecule is O=c1cc(C(F)(F)F)[nH]n1-c1ccc2ccccc2n1. The quantitative estimate of drug-likeness (QED) is 0.744. The lowest BCUT2D eigenvalue weighted by Crippen LogP contribution is -2.15. The first-order chi connectivity index (χ1) is 9.45. The Kier molecular flexibility index (Phi) is 2.63. The number of rotatable bonds is 1. The summed E-state index contributed by atoms with van der Waals surface area (Å²) < 4.78 is 38.4. The second-order valence-corrected chi connectivity index (χ2v) is 4.20. The number of hydrogen-bond acceptors (Lipinski definition) is 2. The van der Waals surface area contributed by atoms with Crippen LogP contribution < -0.4 is 5.56 Å². The molecular weight excluding hydrogens is 271 g/mol. The lowest BCUT2D eigenvalue weighted by atomic mass is 10.2. The number of nitrogens with one attached hydrogen (secondary N) is 1. The van der Waals surface area contributed by atoms with E-state index in [2.05, 4.69) is 4.98 Å². The number of pyridine rings is 1. The topological polar surface area (TPSA) is 50.7 Å². The molecule has 4 nitrogen and oxygen atoms in total. The summed E-state index contributed by atoms with van der Waals surface area (Å²) in [7, 11) is 0. The van der Waals surface area contributed by atoms with Gasteiger partial charge in [-0.15, -0.1) is 0 Å². The molecule has 0 saturated heterocycles. The Morgan fingerprint density at radius 1 is 1.10 bits per heavy atom. The highest BCUT2D eigenvalue weighted by molar-refractivity contribution is 5.79. The van der Waals surface area contributed by atoms with Gasteiger partial charge in [0, 0.05) is 11.5 Å². The van der Waals surface area contributed by atoms with Crippen molar-refractivity contribution in [1.29, 1.82) is 0 Å². The van der Waals surface area contributed by atoms with E-state index < -0.39 is 17.4 Å². The van der Waals surface area contributed by atoms with Crippen LogP contribution in [-0.4, -0.2) is 14.8 Å². The highest BCUT2D eigenvalue weighted by Crippen LogP contribution is 2.26. The maximum absolute atomic E-state index is 12.5. The number of aromatic amines is 1. The molecule has 0 aliphatic heterocycles. The van der Waals surface area contributed by atoms with Crippen LogP contribution in [0.1, 0.15) is 5.69 Å². The minimum atomic E-state index is -4.60. The molecule has 0 aliphatic carbocycles. The number of benzene rings is 1. The summed E-state index contributed by atoms with van der Waals surface area (Å²) in [5.74, 6) is 0.115. The molecule has 0 unspecified atom stereocenters. The predicted octanol–water partition coefficient (Wildman–Crippen LogP) is 2.73. The first-order valence-electron chi connectivity index (χ1n) is 5.70. The molecule has 1 N–H and O–H groups in total. The van der Waals surface area contributed by atoms with Crippen LogP contribution in [0.4, 0.5) is 13.2 Å². The number of aromatic nitrogens is 3. The van der Waals surface area contributed by atoms with Crippen molar-refractivity contribution in [3.63, 3.8) is 0 Å². The predicted molar refractivity (Wildman–Crippen MR) is 66.7 cm³/mol. The molecule has 0 amide bonds. The zero-order valence-electron chi connectivity index (χ0n) is 9.98. The summed E-state index contributed by atoms with van der Waals surface area (Å²) in [6.45, 7) is 0. The average molecular weight is 279 g/mol. The number of para-hydroxylation sites is 1. The normalized spacial score (nSPS) is 11.9. The van der Waals surface area contributed by atoms with E-state index in [1.807, 2.05) is 17.2 Å². The Labute approximate surface area is 110 Å². The number of H-pyrrole nitrogens is 1. The monoisotopic (exact) mass is 279 g/mol. The fourth-order valence-electron chi connectivity index (χ4n) is 1.89. The number of halogens is 3. The molecule has 0 radical (unpaired) electrons. The molecule has 2 aromatic heterocycles. The molecule has 1 aromatic carbocycles. The zero-order chi connectivity index (χ0) is 14.3. The van der Waals surface area contributed by atoms with Gasteiger partial charge in [0.2, 0.25) is 0 Å². The molecule has 0 atom stereocenters. The number of alkyl halides is 3. The minimum Gasteiger partial charge on any atom is -0.285 e. The lowest BCUT2D eigenvalue weighted by molar-refractivity contribution is -0.141. The molecule has 102 valence electrons. The van der Waals surface area contributed by atoms with E-state index in [4.69, 9.17) is 0 Å². The average Bonchev–Trinajstić information content (AvgIpc) is 2.80. The van der Waals surface area contributed by atoms with Gasteiger partial charge >= 0.3 is 6.18 Å². The van der Waals surface area contributed by atoms with Crippen LogP contribution in [0.25, 0.3) is 16.7 Å². The maximum Gasteiger partial charge on any atom is 0.432 e. The van der Waals surface area contributed by atoms with Gasteiger partial charge in [-0.25, -0.2) is 9.67 Å². The van der Waals surface area contributed by atoms with Crippen LogP contribution in [-0.2, 0) is 6.18 Å². The van der Waals surface area contributed by atoms with Crippen LogP contribution in [0.2, 0.25) is 0 Å². The highest BCUT2D eigenvalue weighted by atomic mass is 19.4. The van der Waals surface area contributed by atoms with Gasteiger partial charge in [0.25, 0.3) is 5.56 Å². The van der Waals surface area contributed by atoms with Crippen molar-refractivity contribution >= 4 is 10.9 Å². The summed E-state index contributed by atoms with van der Waals surface area (Å²) >= 11 is 0. The van der Waals surface area contributed by atoms with Gasteiger partial charge < -0.3 is 0 Å². The summed E-state index contributed by atoms with van der Waals surface area (Å²) in [4.78, 5) is 15.8. The summed E-state index contributed by atoms with van der Waals surface area (Å²) in [5, 5.41) is 2.86. The van der Waals surface area contributed by atoms with Crippen molar-refractivity contribution in [3.05, 3.63) is 58.5 Å². The van der Waals surface area contributed by atoms with Gasteiger partial charge in [0.15, 0.2) is 5.82 Å². The zero-order valence-corrected chi connectivity index (χ0v) is 9.98. The van der Waals surface area contributed by atoms with E-state index in [1.165, 1.54) is 6.07 Å². The number of hydrogen-bond donors (Lipinski definition) is 1. The van der Waals surface area contributed by atoms with Crippen molar-refractivity contribution < 1.29 is 13.2 Å². The van der Waals surface area contributed by atoms with E-state index in [1.54, 1.807) is 18.2 Å². The van der Waals surface area contributed by atoms with Crippen LogP contribution in [0.15, 0.2) is 47.3 Å². The Morgan fingerprint density at radius 2 is 1.85 bits per heavy atom. The van der Waals surface area contributed by atoms with Crippen molar-refractivity contribution in [1.82, 2.24) is 14.8 Å². The van der Waals surface area contributed by atoms with E-state index in [0.717, 1.165) is 10.1 Å². The number of nitrogens with zero attached hydrogens (tertiary/aromatic N) is 2. The largest absolute Gasteiger partial charge is 0.432 e. The van der Waals surface area contributed by atoms with Crippen molar-refractivity contribution in [3.8, 4) is 5.82 Å². The van der Waals surface area contributed by atoms with Crippen molar-refractivity contribution in [2.45, 2.75) is 6.18 Å². The first-order valence-corrected chi connectivity index (χ1v) is 5.70.